The molecule has 2 atom stereocenters. The lowest BCUT2D eigenvalue weighted by Gasteiger charge is -2.51. The van der Waals surface area contributed by atoms with Crippen LogP contribution in [0.15, 0.2) is 54.0 Å². The molecule has 226 valence electrons. The third kappa shape index (κ3) is 4.26. The first-order valence-electron chi connectivity index (χ1n) is 16.0. The van der Waals surface area contributed by atoms with Gasteiger partial charge in [0.25, 0.3) is 5.56 Å². The molecule has 2 fully saturated rings. The molecule has 1 saturated carbocycles. The fraction of sp³-hybridized carbons (Fsp3) is 0.333. The van der Waals surface area contributed by atoms with Crippen LogP contribution in [-0.2, 0) is 4.79 Å². The van der Waals surface area contributed by atoms with E-state index in [0.29, 0.717) is 22.5 Å². The van der Waals surface area contributed by atoms with Gasteiger partial charge in [0, 0.05) is 54.3 Å². The second-order valence-corrected chi connectivity index (χ2v) is 12.2. The largest absolute Gasteiger partial charge is 0.507 e. The van der Waals surface area contributed by atoms with Crippen LogP contribution >= 0.6 is 11.6 Å². The zero-order chi connectivity index (χ0) is 33.5. The second kappa shape index (κ2) is 10.3. The van der Waals surface area contributed by atoms with Gasteiger partial charge >= 0.3 is 0 Å². The first-order chi connectivity index (χ1) is 22.3. The van der Waals surface area contributed by atoms with Gasteiger partial charge in [0.05, 0.1) is 39.4 Å². The summed E-state index contributed by atoms with van der Waals surface area (Å²) in [5.41, 5.74) is 1.33. The molecule has 44 heavy (non-hydrogen) atoms. The summed E-state index contributed by atoms with van der Waals surface area (Å²) in [6.45, 7) is 5.05. The van der Waals surface area contributed by atoms with Crippen molar-refractivity contribution in [1.82, 2.24) is 19.4 Å². The van der Waals surface area contributed by atoms with Crippen LogP contribution in [0.5, 0.6) is 5.75 Å². The molecule has 5 heterocycles. The van der Waals surface area contributed by atoms with E-state index in [1.807, 2.05) is 18.7 Å². The van der Waals surface area contributed by atoms with Gasteiger partial charge < -0.3 is 19.8 Å². The molecule has 1 N–H and O–H groups in total. The van der Waals surface area contributed by atoms with Gasteiger partial charge in [0.15, 0.2) is 5.65 Å². The Kier molecular flexibility index (Phi) is 5.86. The van der Waals surface area contributed by atoms with Crippen molar-refractivity contribution in [3.8, 4) is 22.7 Å². The number of rotatable bonds is 4. The van der Waals surface area contributed by atoms with E-state index in [9.17, 15) is 9.90 Å². The Bertz CT molecular complexity index is 2030. The number of hydrogen-bond acceptors (Lipinski definition) is 7. The molecule has 1 saturated heterocycles. The summed E-state index contributed by atoms with van der Waals surface area (Å²) in [4.78, 5) is 42.0. The number of pyridine rings is 3. The number of likely N-dealkylation sites (N-methyl/N-ethyl adjacent to an activating group) is 1. The lowest BCUT2D eigenvalue weighted by atomic mass is 9.99. The average molecular weight is 618 g/mol. The summed E-state index contributed by atoms with van der Waals surface area (Å²) in [5, 5.41) is 11.1. The van der Waals surface area contributed by atoms with Crippen LogP contribution in [0.3, 0.4) is 0 Å². The van der Waals surface area contributed by atoms with Gasteiger partial charge in [-0.05, 0) is 62.6 Å². The highest BCUT2D eigenvalue weighted by Crippen LogP contribution is 2.46. The lowest BCUT2D eigenvalue weighted by Crippen LogP contribution is -2.64. The molecule has 1 aromatic carbocycles. The Morgan fingerprint density at radius 1 is 1.20 bits per heavy atom. The van der Waals surface area contributed by atoms with Gasteiger partial charge in [0.2, 0.25) is 5.91 Å². The standard InChI is InChI=1S/C33H32ClFN6O3/c1-5-25(43)39-16-20-15-38(4)31-30(40(20)14-18(39)3)21-13-22(34)28(26-23(35)7-6-8-24(26)42)37-32(21)41(33(31)44)29-17(2)11-12-36-27(29)19-9-10-19/h5-8,11-13,18-20,42H,1,9-10,14-16H2,2-4H3/t18-,20+/m1/s1/i4D3. The molecule has 11 heteroatoms. The maximum atomic E-state index is 15.3. The number of anilines is 2. The highest BCUT2D eigenvalue weighted by Gasteiger charge is 2.42. The van der Waals surface area contributed by atoms with Crippen LogP contribution in [0.4, 0.5) is 15.8 Å². The Morgan fingerprint density at radius 2 is 2.00 bits per heavy atom. The third-order valence-corrected chi connectivity index (χ3v) is 9.16. The zero-order valence-corrected chi connectivity index (χ0v) is 25.0. The van der Waals surface area contributed by atoms with Crippen LogP contribution in [0.1, 0.15) is 41.1 Å². The van der Waals surface area contributed by atoms with Crippen molar-refractivity contribution in [2.75, 3.05) is 36.4 Å². The van der Waals surface area contributed by atoms with E-state index >= 15 is 9.18 Å². The first kappa shape index (κ1) is 24.9. The maximum absolute atomic E-state index is 15.3. The Labute approximate surface area is 263 Å². The van der Waals surface area contributed by atoms with Crippen molar-refractivity contribution in [3.63, 3.8) is 0 Å². The van der Waals surface area contributed by atoms with Gasteiger partial charge in [-0.3, -0.25) is 19.1 Å². The fourth-order valence-corrected chi connectivity index (χ4v) is 6.88. The zero-order valence-electron chi connectivity index (χ0n) is 27.2. The number of aryl methyl sites for hydroxylation is 1. The van der Waals surface area contributed by atoms with Crippen LogP contribution in [0, 0.1) is 12.7 Å². The number of phenols is 1. The summed E-state index contributed by atoms with van der Waals surface area (Å²) in [6.07, 6.45) is 4.66. The van der Waals surface area contributed by atoms with Crippen molar-refractivity contribution in [2.24, 2.45) is 0 Å². The third-order valence-electron chi connectivity index (χ3n) is 8.87. The van der Waals surface area contributed by atoms with E-state index in [0.717, 1.165) is 23.3 Å². The van der Waals surface area contributed by atoms with E-state index in [1.165, 1.54) is 28.8 Å². The number of piperazine rings is 1. The molecule has 0 spiro atoms. The number of aromatic nitrogens is 3. The van der Waals surface area contributed by atoms with Crippen molar-refractivity contribution in [3.05, 3.63) is 81.6 Å². The first-order valence-corrected chi connectivity index (χ1v) is 14.9. The number of fused-ring (bicyclic) bond motifs is 5. The monoisotopic (exact) mass is 617 g/mol. The summed E-state index contributed by atoms with van der Waals surface area (Å²) in [7, 11) is 0. The normalized spacial score (nSPS) is 20.9. The highest BCUT2D eigenvalue weighted by molar-refractivity contribution is 6.34. The molecular formula is C33H32ClFN6O3. The number of aromatic hydroxyl groups is 1. The molecule has 7 rings (SSSR count). The molecule has 1 amide bonds. The van der Waals surface area contributed by atoms with Crippen LogP contribution in [0.25, 0.3) is 28.0 Å². The molecule has 2 aliphatic heterocycles. The highest BCUT2D eigenvalue weighted by atomic mass is 35.5. The van der Waals surface area contributed by atoms with Gasteiger partial charge in [-0.1, -0.05) is 24.2 Å². The lowest BCUT2D eigenvalue weighted by molar-refractivity contribution is -0.128. The number of halogens is 2. The molecule has 3 aromatic heterocycles. The molecule has 0 radical (unpaired) electrons. The second-order valence-electron chi connectivity index (χ2n) is 11.8. The van der Waals surface area contributed by atoms with Crippen LogP contribution in [0.2, 0.25) is 5.02 Å². The van der Waals surface area contributed by atoms with Crippen molar-refractivity contribution in [2.45, 2.75) is 44.7 Å². The summed E-state index contributed by atoms with van der Waals surface area (Å²) in [5.74, 6) is -1.31. The Balaban J connectivity index is 1.61. The molecule has 3 aliphatic rings. The SMILES string of the molecule is [2H]C([2H])([2H])N1C[C@H]2CN(C(=O)C=C)[C@H](C)CN2c2c1c(=O)n(-c1c(C)ccnc1C1CC1)c1nc(-c3c(O)cccc3F)c(Cl)cc21. The summed E-state index contributed by atoms with van der Waals surface area (Å²) >= 11 is 6.85. The predicted octanol–water partition coefficient (Wildman–Crippen LogP) is 5.17. The molecule has 9 nitrogen and oxygen atoms in total. The Hall–Kier alpha value is -4.44. The number of phenolic OH excluding ortho intramolecular Hbond substituents is 1. The van der Waals surface area contributed by atoms with E-state index in [2.05, 4.69) is 11.6 Å². The van der Waals surface area contributed by atoms with E-state index in [4.69, 9.17) is 20.7 Å². The van der Waals surface area contributed by atoms with Crippen molar-refractivity contribution < 1.29 is 18.4 Å². The molecule has 0 unspecified atom stereocenters. The van der Waals surface area contributed by atoms with Gasteiger partial charge in [-0.2, -0.15) is 0 Å². The van der Waals surface area contributed by atoms with E-state index < -0.39 is 24.4 Å². The minimum Gasteiger partial charge on any atom is -0.507 e. The minimum absolute atomic E-state index is 0.00768. The Morgan fingerprint density at radius 3 is 2.70 bits per heavy atom. The topological polar surface area (TPSA) is 94.8 Å². The van der Waals surface area contributed by atoms with Crippen LogP contribution in [-0.4, -0.2) is 69.1 Å². The van der Waals surface area contributed by atoms with E-state index in [1.54, 1.807) is 23.2 Å². The smallest absolute Gasteiger partial charge is 0.282 e. The van der Waals surface area contributed by atoms with Gasteiger partial charge in [-0.15, -0.1) is 0 Å². The maximum Gasteiger partial charge on any atom is 0.282 e. The number of amides is 1. The quantitative estimate of drug-likeness (QED) is 0.316. The number of carbonyl (C=O) groups is 1. The summed E-state index contributed by atoms with van der Waals surface area (Å²) < 4.78 is 42.2. The minimum atomic E-state index is -2.72. The van der Waals surface area contributed by atoms with Crippen molar-refractivity contribution >= 4 is 39.9 Å². The molecule has 0 bridgehead atoms. The average Bonchev–Trinajstić information content (AvgIpc) is 3.86. The van der Waals surface area contributed by atoms with Gasteiger partial charge in [-0.25, -0.2) is 9.37 Å². The number of carbonyl (C=O) groups excluding carboxylic acids is 1. The molecule has 4 aromatic rings. The van der Waals surface area contributed by atoms with Gasteiger partial charge in [0.1, 0.15) is 17.3 Å². The van der Waals surface area contributed by atoms with Crippen LogP contribution < -0.4 is 15.4 Å². The summed E-state index contributed by atoms with van der Waals surface area (Å²) in [6, 6.07) is 6.37. The molecular weight excluding hydrogens is 583 g/mol. The van der Waals surface area contributed by atoms with E-state index in [-0.39, 0.29) is 70.9 Å². The number of hydrogen-bond donors (Lipinski definition) is 1. The molecule has 1 aliphatic carbocycles. The fourth-order valence-electron chi connectivity index (χ4n) is 6.63. The number of nitrogens with zero attached hydrogens (tertiary/aromatic N) is 6. The van der Waals surface area contributed by atoms with Crippen molar-refractivity contribution in [1.29, 1.82) is 0 Å². The predicted molar refractivity (Wildman–Crippen MR) is 170 cm³/mol. The number of benzene rings is 1.